The summed E-state index contributed by atoms with van der Waals surface area (Å²) in [6.45, 7) is 6.57. The fourth-order valence-electron chi connectivity index (χ4n) is 10.5. The smallest absolute Gasteiger partial charge is 0.306 e. The van der Waals surface area contributed by atoms with Crippen LogP contribution in [0, 0.1) is 0 Å². The monoisotopic (exact) mass is 1120 g/mol. The molecule has 80 heavy (non-hydrogen) atoms. The number of hydrogen-bond donors (Lipinski definition) is 0. The lowest BCUT2D eigenvalue weighted by Crippen LogP contribution is -2.30. The van der Waals surface area contributed by atoms with Gasteiger partial charge in [0.05, 0.1) is 0 Å². The van der Waals surface area contributed by atoms with Crippen molar-refractivity contribution >= 4 is 17.9 Å². The lowest BCUT2D eigenvalue weighted by atomic mass is 10.0. The Hall–Kier alpha value is -2.89. The van der Waals surface area contributed by atoms with Gasteiger partial charge in [0, 0.05) is 19.3 Å². The molecule has 6 heteroatoms. The zero-order valence-corrected chi connectivity index (χ0v) is 53.6. The van der Waals surface area contributed by atoms with Crippen molar-refractivity contribution in [1.29, 1.82) is 0 Å². The van der Waals surface area contributed by atoms with E-state index in [1.165, 1.54) is 238 Å². The molecule has 0 aliphatic rings. The fraction of sp³-hybridized carbons (Fsp3) is 0.824. The van der Waals surface area contributed by atoms with Crippen molar-refractivity contribution in [3.8, 4) is 0 Å². The van der Waals surface area contributed by atoms with Crippen LogP contribution in [0.2, 0.25) is 0 Å². The largest absolute Gasteiger partial charge is 0.462 e. The highest BCUT2D eigenvalue weighted by Crippen LogP contribution is 2.18. The first-order chi connectivity index (χ1) is 39.5. The van der Waals surface area contributed by atoms with E-state index < -0.39 is 6.10 Å². The van der Waals surface area contributed by atoms with Crippen LogP contribution in [0.15, 0.2) is 60.8 Å². The lowest BCUT2D eigenvalue weighted by molar-refractivity contribution is -0.167. The van der Waals surface area contributed by atoms with Crippen LogP contribution in [0.5, 0.6) is 0 Å². The molecule has 0 saturated carbocycles. The van der Waals surface area contributed by atoms with E-state index in [4.69, 9.17) is 14.2 Å². The average molecular weight is 1120 g/mol. The molecule has 1 unspecified atom stereocenters. The van der Waals surface area contributed by atoms with E-state index in [-0.39, 0.29) is 31.1 Å². The van der Waals surface area contributed by atoms with Crippen molar-refractivity contribution in [2.24, 2.45) is 0 Å². The molecular formula is C74H134O6. The Morgan fingerprint density at radius 1 is 0.263 bits per heavy atom. The van der Waals surface area contributed by atoms with Crippen molar-refractivity contribution in [3.63, 3.8) is 0 Å². The fourth-order valence-corrected chi connectivity index (χ4v) is 10.5. The maximum absolute atomic E-state index is 12.9. The second-order valence-electron chi connectivity index (χ2n) is 23.8. The third kappa shape index (κ3) is 65.9. The third-order valence-corrected chi connectivity index (χ3v) is 15.8. The van der Waals surface area contributed by atoms with Gasteiger partial charge >= 0.3 is 17.9 Å². The minimum Gasteiger partial charge on any atom is -0.462 e. The maximum atomic E-state index is 12.9. The van der Waals surface area contributed by atoms with Crippen LogP contribution in [-0.4, -0.2) is 37.2 Å². The Balaban J connectivity index is 4.19. The number of hydrogen-bond acceptors (Lipinski definition) is 6. The second-order valence-corrected chi connectivity index (χ2v) is 23.8. The van der Waals surface area contributed by atoms with Crippen LogP contribution >= 0.6 is 0 Å². The molecule has 0 N–H and O–H groups in total. The first-order valence-electron chi connectivity index (χ1n) is 35.3. The highest BCUT2D eigenvalue weighted by Gasteiger charge is 2.19. The molecule has 0 radical (unpaired) electrons. The summed E-state index contributed by atoms with van der Waals surface area (Å²) in [6.07, 6.45) is 88.3. The molecule has 1 atom stereocenters. The first-order valence-corrected chi connectivity index (χ1v) is 35.3. The van der Waals surface area contributed by atoms with Crippen molar-refractivity contribution in [1.82, 2.24) is 0 Å². The SMILES string of the molecule is CC/C=C\C/C=C\C/C=C\C/C=C\C/C=C\CCCCCCCCCC(=O)OC(COC(=O)CCCCCCCCCCCCC)COC(=O)CCCCCCCCCCCCCCCCCCCCCCCCCCCCCC. The zero-order valence-electron chi connectivity index (χ0n) is 53.6. The van der Waals surface area contributed by atoms with E-state index in [1.54, 1.807) is 0 Å². The molecule has 0 bridgehead atoms. The Kier molecular flexibility index (Phi) is 66.1. The van der Waals surface area contributed by atoms with Crippen molar-refractivity contribution in [2.45, 2.75) is 380 Å². The van der Waals surface area contributed by atoms with E-state index in [1.807, 2.05) is 0 Å². The van der Waals surface area contributed by atoms with E-state index >= 15 is 0 Å². The molecule has 0 spiro atoms. The summed E-state index contributed by atoms with van der Waals surface area (Å²) in [5, 5.41) is 0. The summed E-state index contributed by atoms with van der Waals surface area (Å²) in [7, 11) is 0. The predicted octanol–water partition coefficient (Wildman–Crippen LogP) is 24.3. The molecule has 0 saturated heterocycles. The van der Waals surface area contributed by atoms with Gasteiger partial charge in [0.1, 0.15) is 13.2 Å². The van der Waals surface area contributed by atoms with Gasteiger partial charge in [0.2, 0.25) is 0 Å². The molecule has 0 aliphatic heterocycles. The van der Waals surface area contributed by atoms with Crippen LogP contribution in [0.3, 0.4) is 0 Å². The lowest BCUT2D eigenvalue weighted by Gasteiger charge is -2.18. The van der Waals surface area contributed by atoms with E-state index in [9.17, 15) is 14.4 Å². The number of rotatable bonds is 65. The molecular weight excluding hydrogens is 985 g/mol. The van der Waals surface area contributed by atoms with Crippen molar-refractivity contribution in [3.05, 3.63) is 60.8 Å². The van der Waals surface area contributed by atoms with Crippen LogP contribution in [-0.2, 0) is 28.6 Å². The number of carbonyl (C=O) groups excluding carboxylic acids is 3. The third-order valence-electron chi connectivity index (χ3n) is 15.8. The molecule has 0 amide bonds. The average Bonchev–Trinajstić information content (AvgIpc) is 3.46. The van der Waals surface area contributed by atoms with Gasteiger partial charge in [-0.25, -0.2) is 0 Å². The molecule has 0 heterocycles. The minimum absolute atomic E-state index is 0.0740. The Labute approximate surface area is 498 Å². The Morgan fingerprint density at radius 2 is 0.487 bits per heavy atom. The summed E-state index contributed by atoms with van der Waals surface area (Å²) in [5.41, 5.74) is 0. The Bertz CT molecular complexity index is 1430. The summed E-state index contributed by atoms with van der Waals surface area (Å²) in [5.74, 6) is -0.863. The van der Waals surface area contributed by atoms with Crippen molar-refractivity contribution < 1.29 is 28.6 Å². The molecule has 0 rings (SSSR count). The summed E-state index contributed by atoms with van der Waals surface area (Å²) >= 11 is 0. The van der Waals surface area contributed by atoms with Gasteiger partial charge in [-0.15, -0.1) is 0 Å². The molecule has 0 aromatic carbocycles. The van der Waals surface area contributed by atoms with Gasteiger partial charge in [-0.1, -0.05) is 351 Å². The predicted molar refractivity (Wildman–Crippen MR) is 348 cm³/mol. The summed E-state index contributed by atoms with van der Waals surface area (Å²) in [6, 6.07) is 0. The first kappa shape index (κ1) is 77.1. The highest BCUT2D eigenvalue weighted by molar-refractivity contribution is 5.71. The number of ether oxygens (including phenoxy) is 3. The van der Waals surface area contributed by atoms with Gasteiger partial charge in [-0.05, 0) is 64.2 Å². The summed E-state index contributed by atoms with van der Waals surface area (Å²) < 4.78 is 17.0. The molecule has 0 aliphatic carbocycles. The van der Waals surface area contributed by atoms with Crippen LogP contribution in [0.25, 0.3) is 0 Å². The molecule has 466 valence electrons. The van der Waals surface area contributed by atoms with Crippen LogP contribution in [0.1, 0.15) is 374 Å². The van der Waals surface area contributed by atoms with Crippen LogP contribution < -0.4 is 0 Å². The summed E-state index contributed by atoms with van der Waals surface area (Å²) in [4.78, 5) is 38.4. The normalized spacial score (nSPS) is 12.4. The van der Waals surface area contributed by atoms with Crippen LogP contribution in [0.4, 0.5) is 0 Å². The highest BCUT2D eigenvalue weighted by atomic mass is 16.6. The van der Waals surface area contributed by atoms with E-state index in [0.29, 0.717) is 19.3 Å². The number of unbranched alkanes of at least 4 members (excludes halogenated alkanes) is 44. The Morgan fingerprint density at radius 3 is 0.762 bits per heavy atom. The standard InChI is InChI=1S/C74H134O6/c1-4-7-10-13-16-19-22-24-26-28-30-32-34-35-36-37-38-40-41-43-45-47-49-52-55-58-61-64-67-73(76)79-70-71(69-78-72(75)66-63-60-57-54-51-21-18-15-12-9-6-3)80-74(77)68-65-62-59-56-53-50-48-46-44-42-39-33-31-29-27-25-23-20-17-14-11-8-5-2/h8,11,17,20,25,27,31,33,42,44,71H,4-7,9-10,12-16,18-19,21-24,26,28-30,32,34-41,43,45-70H2,1-3H3/b11-8-,20-17-,27-25-,33-31-,44-42-. The minimum atomic E-state index is -0.778. The topological polar surface area (TPSA) is 78.9 Å². The maximum Gasteiger partial charge on any atom is 0.306 e. The van der Waals surface area contributed by atoms with Crippen molar-refractivity contribution in [2.75, 3.05) is 13.2 Å². The van der Waals surface area contributed by atoms with Gasteiger partial charge < -0.3 is 14.2 Å². The van der Waals surface area contributed by atoms with Gasteiger partial charge in [0.25, 0.3) is 0 Å². The van der Waals surface area contributed by atoms with E-state index in [0.717, 1.165) is 96.3 Å². The van der Waals surface area contributed by atoms with Gasteiger partial charge in [-0.2, -0.15) is 0 Å². The molecule has 0 aromatic heterocycles. The van der Waals surface area contributed by atoms with Gasteiger partial charge in [0.15, 0.2) is 6.10 Å². The molecule has 0 aromatic rings. The molecule has 0 fully saturated rings. The zero-order chi connectivity index (χ0) is 57.8. The number of esters is 3. The van der Waals surface area contributed by atoms with Gasteiger partial charge in [-0.3, -0.25) is 14.4 Å². The number of carbonyl (C=O) groups is 3. The quantitative estimate of drug-likeness (QED) is 0.0261. The second kappa shape index (κ2) is 68.6. The van der Waals surface area contributed by atoms with E-state index in [2.05, 4.69) is 81.5 Å². The molecule has 6 nitrogen and oxygen atoms in total. The number of allylic oxidation sites excluding steroid dienone is 10.